The summed E-state index contributed by atoms with van der Waals surface area (Å²) in [5, 5.41) is 0. The molecule has 0 aliphatic heterocycles. The van der Waals surface area contributed by atoms with E-state index < -0.39 is 23.4 Å². The molecule has 0 aliphatic rings. The van der Waals surface area contributed by atoms with Crippen molar-refractivity contribution in [2.45, 2.75) is 44.7 Å². The minimum absolute atomic E-state index is 0.0878. The highest BCUT2D eigenvalue weighted by Gasteiger charge is 2.29. The molecule has 0 aromatic carbocycles. The number of rotatable bonds is 7. The molecule has 0 aromatic heterocycles. The number of hydrogen-bond donors (Lipinski definition) is 1. The molecule has 0 atom stereocenters. The van der Waals surface area contributed by atoms with Crippen molar-refractivity contribution in [1.29, 1.82) is 0 Å². The van der Waals surface area contributed by atoms with Crippen molar-refractivity contribution in [3.05, 3.63) is 0 Å². The SMILES string of the molecule is CC(C)OCCCCC(=O)NSC(F)(F)F. The molecule has 0 saturated heterocycles. The normalized spacial score (nSPS) is 11.9. The molecule has 16 heavy (non-hydrogen) atoms. The molecule has 7 heteroatoms. The van der Waals surface area contributed by atoms with Gasteiger partial charge in [-0.05, 0) is 26.7 Å². The minimum Gasteiger partial charge on any atom is -0.379 e. The summed E-state index contributed by atoms with van der Waals surface area (Å²) in [6, 6.07) is 0. The molecule has 0 aromatic rings. The Hall–Kier alpha value is -0.430. The van der Waals surface area contributed by atoms with Crippen molar-refractivity contribution in [2.24, 2.45) is 0 Å². The van der Waals surface area contributed by atoms with E-state index in [1.54, 1.807) is 4.72 Å². The first-order chi connectivity index (χ1) is 7.31. The molecule has 1 N–H and O–H groups in total. The number of unbranched alkanes of at least 4 members (excludes halogenated alkanes) is 1. The third kappa shape index (κ3) is 11.6. The van der Waals surface area contributed by atoms with Gasteiger partial charge in [0, 0.05) is 13.0 Å². The molecule has 0 fully saturated rings. The summed E-state index contributed by atoms with van der Waals surface area (Å²) in [5.74, 6) is -0.605. The van der Waals surface area contributed by atoms with Crippen molar-refractivity contribution >= 4 is 17.9 Å². The second-order valence-corrected chi connectivity index (χ2v) is 4.32. The number of amides is 1. The molecule has 0 saturated carbocycles. The second-order valence-electron chi connectivity index (χ2n) is 3.45. The van der Waals surface area contributed by atoms with E-state index in [0.717, 1.165) is 0 Å². The first kappa shape index (κ1) is 15.6. The van der Waals surface area contributed by atoms with Gasteiger partial charge in [-0.25, -0.2) is 0 Å². The lowest BCUT2D eigenvalue weighted by molar-refractivity contribution is -0.119. The predicted molar refractivity (Wildman–Crippen MR) is 56.7 cm³/mol. The number of ether oxygens (including phenoxy) is 1. The summed E-state index contributed by atoms with van der Waals surface area (Å²) in [6.07, 6.45) is 1.42. The molecule has 0 unspecified atom stereocenters. The van der Waals surface area contributed by atoms with Gasteiger partial charge in [0.25, 0.3) is 0 Å². The highest BCUT2D eigenvalue weighted by Crippen LogP contribution is 2.27. The Morgan fingerprint density at radius 3 is 2.50 bits per heavy atom. The molecular formula is C9H16F3NO2S. The van der Waals surface area contributed by atoms with E-state index in [4.69, 9.17) is 4.74 Å². The fourth-order valence-electron chi connectivity index (χ4n) is 0.872. The Kier molecular flexibility index (Phi) is 7.57. The lowest BCUT2D eigenvalue weighted by Crippen LogP contribution is -2.20. The molecule has 1 amide bonds. The fourth-order valence-corrected chi connectivity index (χ4v) is 1.20. The van der Waals surface area contributed by atoms with Crippen molar-refractivity contribution in [2.75, 3.05) is 6.61 Å². The van der Waals surface area contributed by atoms with E-state index in [-0.39, 0.29) is 12.5 Å². The van der Waals surface area contributed by atoms with Crippen LogP contribution in [0.25, 0.3) is 0 Å². The minimum atomic E-state index is -4.42. The largest absolute Gasteiger partial charge is 0.461 e. The smallest absolute Gasteiger partial charge is 0.379 e. The summed E-state index contributed by atoms with van der Waals surface area (Å²) < 4.78 is 42.0. The highest BCUT2D eigenvalue weighted by molar-refractivity contribution is 7.98. The van der Waals surface area contributed by atoms with Gasteiger partial charge in [-0.2, -0.15) is 13.2 Å². The molecular weight excluding hydrogens is 243 g/mol. The van der Waals surface area contributed by atoms with Gasteiger partial charge >= 0.3 is 5.51 Å². The van der Waals surface area contributed by atoms with E-state index in [1.807, 2.05) is 13.8 Å². The number of carbonyl (C=O) groups excluding carboxylic acids is 1. The van der Waals surface area contributed by atoms with Crippen LogP contribution in [0.5, 0.6) is 0 Å². The van der Waals surface area contributed by atoms with E-state index in [0.29, 0.717) is 19.4 Å². The van der Waals surface area contributed by atoms with Crippen LogP contribution < -0.4 is 4.72 Å². The average molecular weight is 259 g/mol. The van der Waals surface area contributed by atoms with Crippen molar-refractivity contribution in [3.8, 4) is 0 Å². The number of hydrogen-bond acceptors (Lipinski definition) is 3. The van der Waals surface area contributed by atoms with E-state index in [1.165, 1.54) is 0 Å². The maximum absolute atomic E-state index is 11.7. The molecule has 0 spiro atoms. The first-order valence-electron chi connectivity index (χ1n) is 4.96. The second kappa shape index (κ2) is 7.78. The third-order valence-electron chi connectivity index (χ3n) is 1.53. The fraction of sp³-hybridized carbons (Fsp3) is 0.889. The lowest BCUT2D eigenvalue weighted by atomic mass is 10.2. The van der Waals surface area contributed by atoms with Gasteiger partial charge in [0.2, 0.25) is 5.91 Å². The topological polar surface area (TPSA) is 38.3 Å². The Bertz CT molecular complexity index is 209. The van der Waals surface area contributed by atoms with Gasteiger partial charge < -0.3 is 4.74 Å². The molecule has 0 bridgehead atoms. The summed E-state index contributed by atoms with van der Waals surface area (Å²) in [5.41, 5.74) is -4.42. The molecule has 0 heterocycles. The number of nitrogens with one attached hydrogen (secondary N) is 1. The van der Waals surface area contributed by atoms with E-state index in [2.05, 4.69) is 0 Å². The molecule has 0 aliphatic carbocycles. The summed E-state index contributed by atoms with van der Waals surface area (Å²) in [6.45, 7) is 4.32. The number of alkyl halides is 3. The third-order valence-corrected chi connectivity index (χ3v) is 2.09. The van der Waals surface area contributed by atoms with Crippen LogP contribution in [0, 0.1) is 0 Å². The van der Waals surface area contributed by atoms with Crippen LogP contribution in [0.15, 0.2) is 0 Å². The zero-order valence-corrected chi connectivity index (χ0v) is 10.1. The van der Waals surface area contributed by atoms with Gasteiger partial charge in [-0.3, -0.25) is 9.52 Å². The van der Waals surface area contributed by atoms with Crippen LogP contribution in [0.2, 0.25) is 0 Å². The zero-order valence-electron chi connectivity index (χ0n) is 9.26. The molecule has 96 valence electrons. The van der Waals surface area contributed by atoms with Gasteiger partial charge in [-0.15, -0.1) is 0 Å². The van der Waals surface area contributed by atoms with Crippen molar-refractivity contribution in [1.82, 2.24) is 4.72 Å². The van der Waals surface area contributed by atoms with E-state index >= 15 is 0 Å². The van der Waals surface area contributed by atoms with Gasteiger partial charge in [-0.1, -0.05) is 0 Å². The van der Waals surface area contributed by atoms with E-state index in [9.17, 15) is 18.0 Å². The number of halogens is 3. The van der Waals surface area contributed by atoms with Crippen LogP contribution in [-0.2, 0) is 9.53 Å². The van der Waals surface area contributed by atoms with Gasteiger partial charge in [0.05, 0.1) is 18.1 Å². The van der Waals surface area contributed by atoms with Gasteiger partial charge in [0.15, 0.2) is 0 Å². The van der Waals surface area contributed by atoms with Crippen LogP contribution in [0.1, 0.15) is 33.1 Å². The lowest BCUT2D eigenvalue weighted by Gasteiger charge is -2.08. The van der Waals surface area contributed by atoms with Crippen molar-refractivity contribution < 1.29 is 22.7 Å². The summed E-state index contributed by atoms with van der Waals surface area (Å²) in [4.78, 5) is 10.9. The van der Waals surface area contributed by atoms with Crippen LogP contribution in [0.3, 0.4) is 0 Å². The van der Waals surface area contributed by atoms with Crippen LogP contribution >= 0.6 is 11.9 Å². The van der Waals surface area contributed by atoms with Crippen LogP contribution in [-0.4, -0.2) is 24.1 Å². The Balaban J connectivity index is 3.38. The summed E-state index contributed by atoms with van der Waals surface area (Å²) in [7, 11) is 0. The highest BCUT2D eigenvalue weighted by atomic mass is 32.2. The first-order valence-corrected chi connectivity index (χ1v) is 5.78. The van der Waals surface area contributed by atoms with Crippen molar-refractivity contribution in [3.63, 3.8) is 0 Å². The Morgan fingerprint density at radius 1 is 1.38 bits per heavy atom. The van der Waals surface area contributed by atoms with Gasteiger partial charge in [0.1, 0.15) is 0 Å². The zero-order chi connectivity index (χ0) is 12.6. The summed E-state index contributed by atoms with van der Waals surface area (Å²) >= 11 is -0.520. The number of carbonyl (C=O) groups is 1. The van der Waals surface area contributed by atoms with Crippen LogP contribution in [0.4, 0.5) is 13.2 Å². The Morgan fingerprint density at radius 2 is 2.00 bits per heavy atom. The Labute approximate surface area is 97.2 Å². The average Bonchev–Trinajstić information content (AvgIpc) is 2.12. The quantitative estimate of drug-likeness (QED) is 0.564. The maximum atomic E-state index is 11.7. The standard InChI is InChI=1S/C9H16F3NO2S/c1-7(2)15-6-4-3-5-8(14)13-16-9(10,11)12/h7H,3-6H2,1-2H3,(H,13,14). The molecule has 3 nitrogen and oxygen atoms in total. The monoisotopic (exact) mass is 259 g/mol. The molecule has 0 radical (unpaired) electrons. The maximum Gasteiger partial charge on any atom is 0.461 e. The predicted octanol–water partition coefficient (Wildman–Crippen LogP) is 2.87. The molecule has 0 rings (SSSR count).